The largest absolute Gasteiger partial charge is 0.493 e. The Morgan fingerprint density at radius 2 is 1.82 bits per heavy atom. The molecular weight excluding hydrogens is 505 g/mol. The second kappa shape index (κ2) is 11.2. The van der Waals surface area contributed by atoms with Crippen molar-refractivity contribution in [1.29, 1.82) is 0 Å². The van der Waals surface area contributed by atoms with Gasteiger partial charge in [-0.25, -0.2) is 14.4 Å². The zero-order valence-corrected chi connectivity index (χ0v) is 23.9. The van der Waals surface area contributed by atoms with Crippen LogP contribution in [0, 0.1) is 37.4 Å². The van der Waals surface area contributed by atoms with Crippen LogP contribution in [0.5, 0.6) is 5.75 Å². The summed E-state index contributed by atoms with van der Waals surface area (Å²) in [7, 11) is 0. The van der Waals surface area contributed by atoms with Gasteiger partial charge in [0.25, 0.3) is 0 Å². The molecule has 7 nitrogen and oxygen atoms in total. The Labute approximate surface area is 236 Å². The average Bonchev–Trinajstić information content (AvgIpc) is 3.63. The summed E-state index contributed by atoms with van der Waals surface area (Å²) in [6, 6.07) is 9.10. The van der Waals surface area contributed by atoms with Gasteiger partial charge in [0.15, 0.2) is 0 Å². The quantitative estimate of drug-likeness (QED) is 0.374. The molecular formula is C32H40FN5O2. The number of benzene rings is 1. The zero-order chi connectivity index (χ0) is 27.8. The molecule has 8 heteroatoms. The number of ether oxygens (including phenoxy) is 1. The number of aromatic nitrogens is 3. The fourth-order valence-electron chi connectivity index (χ4n) is 6.77. The summed E-state index contributed by atoms with van der Waals surface area (Å²) < 4.78 is 23.1. The molecule has 2 aromatic heterocycles. The lowest BCUT2D eigenvalue weighted by atomic mass is 9.90. The molecule has 2 aliphatic heterocycles. The Balaban J connectivity index is 0.937. The van der Waals surface area contributed by atoms with Gasteiger partial charge in [-0.05, 0) is 93.5 Å². The lowest BCUT2D eigenvalue weighted by Crippen LogP contribution is -2.41. The number of rotatable bonds is 8. The van der Waals surface area contributed by atoms with E-state index in [2.05, 4.69) is 38.5 Å². The highest BCUT2D eigenvalue weighted by atomic mass is 19.1. The fourth-order valence-corrected chi connectivity index (χ4v) is 6.77. The van der Waals surface area contributed by atoms with Crippen LogP contribution in [-0.4, -0.2) is 51.6 Å². The molecule has 2 fully saturated rings. The van der Waals surface area contributed by atoms with Gasteiger partial charge in [0.1, 0.15) is 11.6 Å². The minimum Gasteiger partial charge on any atom is -0.493 e. The smallest absolute Gasteiger partial charge is 0.227 e. The van der Waals surface area contributed by atoms with Crippen molar-refractivity contribution in [2.45, 2.75) is 65.5 Å². The highest BCUT2D eigenvalue weighted by Gasteiger charge is 2.43. The molecule has 212 valence electrons. The summed E-state index contributed by atoms with van der Waals surface area (Å²) >= 11 is 0. The summed E-state index contributed by atoms with van der Waals surface area (Å²) in [5.74, 6) is 3.21. The number of halogens is 1. The van der Waals surface area contributed by atoms with Gasteiger partial charge in [-0.3, -0.25) is 4.79 Å². The predicted molar refractivity (Wildman–Crippen MR) is 153 cm³/mol. The number of amides is 1. The lowest BCUT2D eigenvalue weighted by Gasteiger charge is -2.35. The van der Waals surface area contributed by atoms with E-state index in [-0.39, 0.29) is 24.2 Å². The zero-order valence-electron chi connectivity index (χ0n) is 23.9. The standard InChI is InChI=1S/C32H40FN5O2/c1-21-19-34-32(35-20-21)36-11-8-24(9-12-36)28-16-25(28)10-15-40-27-6-5-26(29(33)18-27)17-31(39)38-14-13-37-22(2)4-7-30(37)23(38)3/h4-7,18-20,23-25,28H,8-17H2,1-3H3/t23?,25-,28-/m1/s1. The average molecular weight is 546 g/mol. The highest BCUT2D eigenvalue weighted by Crippen LogP contribution is 2.49. The molecule has 0 N–H and O–H groups in total. The van der Waals surface area contributed by atoms with E-state index in [0.717, 1.165) is 55.1 Å². The van der Waals surface area contributed by atoms with Crippen LogP contribution >= 0.6 is 0 Å². The number of anilines is 1. The van der Waals surface area contributed by atoms with Crippen molar-refractivity contribution in [3.05, 3.63) is 71.1 Å². The molecule has 6 rings (SSSR count). The number of piperidine rings is 1. The molecule has 40 heavy (non-hydrogen) atoms. The molecule has 0 radical (unpaired) electrons. The molecule has 3 aliphatic rings. The molecule has 1 saturated heterocycles. The second-order valence-corrected chi connectivity index (χ2v) is 11.9. The first-order valence-electron chi connectivity index (χ1n) is 14.8. The third kappa shape index (κ3) is 5.58. The number of nitrogens with zero attached hydrogens (tertiary/aromatic N) is 5. The van der Waals surface area contributed by atoms with Crippen molar-refractivity contribution in [1.82, 2.24) is 19.4 Å². The minimum atomic E-state index is -0.372. The van der Waals surface area contributed by atoms with E-state index >= 15 is 0 Å². The summed E-state index contributed by atoms with van der Waals surface area (Å²) in [5, 5.41) is 0. The van der Waals surface area contributed by atoms with E-state index in [1.165, 1.54) is 31.0 Å². The van der Waals surface area contributed by atoms with Crippen LogP contribution in [0.2, 0.25) is 0 Å². The van der Waals surface area contributed by atoms with Gasteiger partial charge >= 0.3 is 0 Å². The van der Waals surface area contributed by atoms with Crippen molar-refractivity contribution in [3.63, 3.8) is 0 Å². The Bertz CT molecular complexity index is 1350. The second-order valence-electron chi connectivity index (χ2n) is 11.9. The normalized spacial score (nSPS) is 22.8. The molecule has 1 unspecified atom stereocenters. The first kappa shape index (κ1) is 26.8. The third-order valence-electron chi connectivity index (χ3n) is 9.31. The number of carbonyl (C=O) groups is 1. The van der Waals surface area contributed by atoms with Crippen molar-refractivity contribution in [3.8, 4) is 5.75 Å². The van der Waals surface area contributed by atoms with Gasteiger partial charge in [0.2, 0.25) is 11.9 Å². The van der Waals surface area contributed by atoms with Crippen LogP contribution < -0.4 is 9.64 Å². The van der Waals surface area contributed by atoms with E-state index < -0.39 is 0 Å². The Morgan fingerprint density at radius 3 is 2.58 bits per heavy atom. The van der Waals surface area contributed by atoms with Gasteiger partial charge in [-0.15, -0.1) is 0 Å². The maximum Gasteiger partial charge on any atom is 0.227 e. The maximum absolute atomic E-state index is 14.9. The highest BCUT2D eigenvalue weighted by molar-refractivity contribution is 5.79. The topological polar surface area (TPSA) is 63.5 Å². The molecule has 1 amide bonds. The van der Waals surface area contributed by atoms with Crippen LogP contribution in [-0.2, 0) is 17.8 Å². The summed E-state index contributed by atoms with van der Waals surface area (Å²) in [6.45, 7) is 10.2. The van der Waals surface area contributed by atoms with Crippen molar-refractivity contribution >= 4 is 11.9 Å². The van der Waals surface area contributed by atoms with E-state index in [1.54, 1.807) is 12.1 Å². The van der Waals surface area contributed by atoms with E-state index in [0.29, 0.717) is 30.4 Å². The van der Waals surface area contributed by atoms with Crippen LogP contribution in [0.25, 0.3) is 0 Å². The maximum atomic E-state index is 14.9. The molecule has 1 aromatic carbocycles. The van der Waals surface area contributed by atoms with Crippen LogP contribution in [0.3, 0.4) is 0 Å². The molecule has 1 saturated carbocycles. The van der Waals surface area contributed by atoms with Crippen LogP contribution in [0.15, 0.2) is 42.7 Å². The van der Waals surface area contributed by atoms with Gasteiger partial charge in [-0.1, -0.05) is 6.07 Å². The van der Waals surface area contributed by atoms with Gasteiger partial charge in [0.05, 0.1) is 19.1 Å². The number of hydrogen-bond donors (Lipinski definition) is 0. The first-order chi connectivity index (χ1) is 19.4. The Hall–Kier alpha value is -3.42. The van der Waals surface area contributed by atoms with Crippen LogP contribution in [0.1, 0.15) is 61.2 Å². The number of aryl methyl sites for hydroxylation is 2. The molecule has 0 spiro atoms. The Kier molecular flexibility index (Phi) is 7.51. The van der Waals surface area contributed by atoms with Gasteiger partial charge in [0, 0.05) is 56.0 Å². The SMILES string of the molecule is Cc1cnc(N2CCC([C@H]3C[C@H]3CCOc3ccc(CC(=O)N4CCn5c(C)ccc5C4C)c(F)c3)CC2)nc1. The summed E-state index contributed by atoms with van der Waals surface area (Å²) in [4.78, 5) is 26.2. The molecule has 4 heterocycles. The lowest BCUT2D eigenvalue weighted by molar-refractivity contribution is -0.133. The predicted octanol–water partition coefficient (Wildman–Crippen LogP) is 5.50. The number of carbonyl (C=O) groups excluding carboxylic acids is 1. The van der Waals surface area contributed by atoms with Gasteiger partial charge < -0.3 is 19.1 Å². The van der Waals surface area contributed by atoms with E-state index in [4.69, 9.17) is 4.74 Å². The minimum absolute atomic E-state index is 0.0124. The molecule has 3 aromatic rings. The van der Waals surface area contributed by atoms with Crippen molar-refractivity contribution < 1.29 is 13.9 Å². The Morgan fingerprint density at radius 1 is 1.05 bits per heavy atom. The van der Waals surface area contributed by atoms with Crippen molar-refractivity contribution in [2.75, 3.05) is 31.1 Å². The summed E-state index contributed by atoms with van der Waals surface area (Å²) in [5.41, 5.74) is 3.86. The first-order valence-corrected chi connectivity index (χ1v) is 14.8. The monoisotopic (exact) mass is 545 g/mol. The van der Waals surface area contributed by atoms with E-state index in [1.807, 2.05) is 31.1 Å². The fraction of sp³-hybridized carbons (Fsp3) is 0.531. The molecule has 3 atom stereocenters. The molecule has 1 aliphatic carbocycles. The number of hydrogen-bond acceptors (Lipinski definition) is 5. The third-order valence-corrected chi connectivity index (χ3v) is 9.31. The molecule has 0 bridgehead atoms. The summed E-state index contributed by atoms with van der Waals surface area (Å²) in [6.07, 6.45) is 8.49. The van der Waals surface area contributed by atoms with Crippen LogP contribution in [0.4, 0.5) is 10.3 Å². The number of fused-ring (bicyclic) bond motifs is 1. The van der Waals surface area contributed by atoms with Crippen molar-refractivity contribution in [2.24, 2.45) is 17.8 Å². The van der Waals surface area contributed by atoms with Gasteiger partial charge in [-0.2, -0.15) is 0 Å². The van der Waals surface area contributed by atoms with E-state index in [9.17, 15) is 9.18 Å².